The van der Waals surface area contributed by atoms with Gasteiger partial charge in [-0.1, -0.05) is 13.8 Å². The van der Waals surface area contributed by atoms with E-state index >= 15 is 0 Å². The Hall–Kier alpha value is -1.95. The number of carboxylic acids is 1. The Morgan fingerprint density at radius 3 is 2.71 bits per heavy atom. The number of nitrogens with one attached hydrogen (secondary N) is 1. The molecule has 1 aromatic heterocycles. The molecule has 1 rings (SSSR count). The number of nitrogens with zero attached hydrogens (tertiary/aromatic N) is 1. The van der Waals surface area contributed by atoms with Crippen LogP contribution in [0.1, 0.15) is 48.0 Å². The Bertz CT molecular complexity index is 488. The zero-order valence-electron chi connectivity index (χ0n) is 12.6. The van der Waals surface area contributed by atoms with E-state index in [4.69, 9.17) is 9.84 Å². The molecule has 0 aromatic carbocycles. The van der Waals surface area contributed by atoms with Crippen LogP contribution in [0.25, 0.3) is 0 Å². The Labute approximate surface area is 124 Å². The van der Waals surface area contributed by atoms with Gasteiger partial charge in [-0.15, -0.1) is 0 Å². The van der Waals surface area contributed by atoms with Crippen molar-refractivity contribution in [1.29, 1.82) is 0 Å². The van der Waals surface area contributed by atoms with E-state index in [1.165, 1.54) is 18.3 Å². The van der Waals surface area contributed by atoms with Crippen LogP contribution < -0.4 is 5.32 Å². The first kappa shape index (κ1) is 17.1. The molecular weight excluding hydrogens is 272 g/mol. The zero-order valence-corrected chi connectivity index (χ0v) is 12.6. The predicted octanol–water partition coefficient (Wildman–Crippen LogP) is 1.96. The lowest BCUT2D eigenvalue weighted by Gasteiger charge is -2.20. The summed E-state index contributed by atoms with van der Waals surface area (Å²) in [5.41, 5.74) is 0.150. The highest BCUT2D eigenvalue weighted by Crippen LogP contribution is 2.10. The Morgan fingerprint density at radius 2 is 2.14 bits per heavy atom. The molecule has 6 heteroatoms. The van der Waals surface area contributed by atoms with Crippen LogP contribution in [0, 0.1) is 5.92 Å². The van der Waals surface area contributed by atoms with Crippen LogP contribution in [0.4, 0.5) is 0 Å². The Morgan fingerprint density at radius 1 is 1.43 bits per heavy atom. The van der Waals surface area contributed by atoms with Crippen molar-refractivity contribution in [3.05, 3.63) is 29.6 Å². The molecule has 0 aliphatic heterocycles. The van der Waals surface area contributed by atoms with Crippen molar-refractivity contribution in [2.75, 3.05) is 13.2 Å². The Balaban J connectivity index is 2.54. The molecule has 6 nitrogen and oxygen atoms in total. The SMILES string of the molecule is CCOC(CCNC(=O)c1cc(C(=O)O)ccn1)C(C)C. The molecular formula is C15H22N2O4. The summed E-state index contributed by atoms with van der Waals surface area (Å²) in [6.45, 7) is 7.18. The highest BCUT2D eigenvalue weighted by molar-refractivity contribution is 5.95. The molecule has 0 radical (unpaired) electrons. The lowest BCUT2D eigenvalue weighted by Crippen LogP contribution is -2.30. The van der Waals surface area contributed by atoms with Crippen molar-refractivity contribution in [2.24, 2.45) is 5.92 Å². The minimum Gasteiger partial charge on any atom is -0.478 e. The van der Waals surface area contributed by atoms with Gasteiger partial charge in [0.2, 0.25) is 0 Å². The number of aromatic nitrogens is 1. The van der Waals surface area contributed by atoms with Crippen molar-refractivity contribution in [3.63, 3.8) is 0 Å². The van der Waals surface area contributed by atoms with Gasteiger partial charge < -0.3 is 15.2 Å². The first-order chi connectivity index (χ1) is 9.95. The summed E-state index contributed by atoms with van der Waals surface area (Å²) in [4.78, 5) is 26.7. The standard InChI is InChI=1S/C15H22N2O4/c1-4-21-13(10(2)3)6-8-17-14(18)12-9-11(15(19)20)5-7-16-12/h5,7,9-10,13H,4,6,8H2,1-3H3,(H,17,18)(H,19,20). The van der Waals surface area contributed by atoms with E-state index in [2.05, 4.69) is 24.1 Å². The lowest BCUT2D eigenvalue weighted by atomic mass is 10.0. The molecule has 116 valence electrons. The molecule has 2 N–H and O–H groups in total. The van der Waals surface area contributed by atoms with E-state index in [1.54, 1.807) is 0 Å². The number of aromatic carboxylic acids is 1. The topological polar surface area (TPSA) is 88.5 Å². The average molecular weight is 294 g/mol. The predicted molar refractivity (Wildman–Crippen MR) is 78.4 cm³/mol. The molecule has 0 saturated carbocycles. The number of ether oxygens (including phenoxy) is 1. The van der Waals surface area contributed by atoms with E-state index in [-0.39, 0.29) is 23.3 Å². The maximum atomic E-state index is 11.9. The molecule has 21 heavy (non-hydrogen) atoms. The maximum absolute atomic E-state index is 11.9. The van der Waals surface area contributed by atoms with Crippen LogP contribution >= 0.6 is 0 Å². The summed E-state index contributed by atoms with van der Waals surface area (Å²) in [6.07, 6.45) is 2.11. The summed E-state index contributed by atoms with van der Waals surface area (Å²) in [6, 6.07) is 2.61. The van der Waals surface area contributed by atoms with Crippen LogP contribution in [-0.2, 0) is 4.74 Å². The molecule has 0 bridgehead atoms. The highest BCUT2D eigenvalue weighted by Gasteiger charge is 2.15. The molecule has 0 aliphatic rings. The normalized spacial score (nSPS) is 12.2. The summed E-state index contributed by atoms with van der Waals surface area (Å²) in [5, 5.41) is 11.6. The smallest absolute Gasteiger partial charge is 0.335 e. The van der Waals surface area contributed by atoms with Crippen molar-refractivity contribution < 1.29 is 19.4 Å². The van der Waals surface area contributed by atoms with Crippen molar-refractivity contribution in [2.45, 2.75) is 33.3 Å². The van der Waals surface area contributed by atoms with E-state index in [0.717, 1.165) is 0 Å². The molecule has 0 spiro atoms. The monoisotopic (exact) mass is 294 g/mol. The van der Waals surface area contributed by atoms with Gasteiger partial charge in [0.05, 0.1) is 11.7 Å². The second-order valence-corrected chi connectivity index (χ2v) is 5.02. The van der Waals surface area contributed by atoms with Gasteiger partial charge in [0.25, 0.3) is 5.91 Å². The minimum absolute atomic E-state index is 0.0459. The van der Waals surface area contributed by atoms with Crippen molar-refractivity contribution in [1.82, 2.24) is 10.3 Å². The third-order valence-corrected chi connectivity index (χ3v) is 3.08. The van der Waals surface area contributed by atoms with Gasteiger partial charge in [-0.05, 0) is 31.4 Å². The van der Waals surface area contributed by atoms with Crippen LogP contribution in [0.5, 0.6) is 0 Å². The molecule has 1 unspecified atom stereocenters. The molecule has 0 saturated heterocycles. The fraction of sp³-hybridized carbons (Fsp3) is 0.533. The van der Waals surface area contributed by atoms with Gasteiger partial charge in [0, 0.05) is 19.3 Å². The van der Waals surface area contributed by atoms with E-state index in [0.29, 0.717) is 25.5 Å². The van der Waals surface area contributed by atoms with Crippen LogP contribution in [0.15, 0.2) is 18.3 Å². The number of carbonyl (C=O) groups excluding carboxylic acids is 1. The fourth-order valence-electron chi connectivity index (χ4n) is 1.93. The van der Waals surface area contributed by atoms with Crippen molar-refractivity contribution >= 4 is 11.9 Å². The highest BCUT2D eigenvalue weighted by atomic mass is 16.5. The zero-order chi connectivity index (χ0) is 15.8. The summed E-state index contributed by atoms with van der Waals surface area (Å²) >= 11 is 0. The molecule has 0 aliphatic carbocycles. The third kappa shape index (κ3) is 5.51. The van der Waals surface area contributed by atoms with Crippen LogP contribution in [-0.4, -0.2) is 41.2 Å². The lowest BCUT2D eigenvalue weighted by molar-refractivity contribution is 0.0251. The van der Waals surface area contributed by atoms with Gasteiger partial charge in [-0.2, -0.15) is 0 Å². The van der Waals surface area contributed by atoms with Crippen molar-refractivity contribution in [3.8, 4) is 0 Å². The fourth-order valence-corrected chi connectivity index (χ4v) is 1.93. The number of amides is 1. The van der Waals surface area contributed by atoms with Gasteiger partial charge in [0.15, 0.2) is 0 Å². The van der Waals surface area contributed by atoms with Crippen LogP contribution in [0.2, 0.25) is 0 Å². The quantitative estimate of drug-likeness (QED) is 0.765. The number of rotatable bonds is 8. The molecule has 1 heterocycles. The second kappa shape index (κ2) is 8.36. The van der Waals surface area contributed by atoms with E-state index in [9.17, 15) is 9.59 Å². The molecule has 1 amide bonds. The number of carbonyl (C=O) groups is 2. The first-order valence-electron chi connectivity index (χ1n) is 7.04. The Kier molecular flexibility index (Phi) is 6.81. The number of hydrogen-bond acceptors (Lipinski definition) is 4. The van der Waals surface area contributed by atoms with E-state index in [1.807, 2.05) is 6.92 Å². The largest absolute Gasteiger partial charge is 0.478 e. The van der Waals surface area contributed by atoms with Gasteiger partial charge in [-0.25, -0.2) is 4.79 Å². The summed E-state index contributed by atoms with van der Waals surface area (Å²) in [5.74, 6) is -1.09. The maximum Gasteiger partial charge on any atom is 0.335 e. The van der Waals surface area contributed by atoms with Crippen LogP contribution in [0.3, 0.4) is 0 Å². The van der Waals surface area contributed by atoms with E-state index < -0.39 is 5.97 Å². The average Bonchev–Trinajstić information content (AvgIpc) is 2.46. The van der Waals surface area contributed by atoms with Gasteiger partial charge in [0.1, 0.15) is 5.69 Å². The van der Waals surface area contributed by atoms with Gasteiger partial charge in [-0.3, -0.25) is 9.78 Å². The number of hydrogen-bond donors (Lipinski definition) is 2. The molecule has 1 atom stereocenters. The van der Waals surface area contributed by atoms with Gasteiger partial charge >= 0.3 is 5.97 Å². The second-order valence-electron chi connectivity index (χ2n) is 5.02. The number of pyridine rings is 1. The summed E-state index contributed by atoms with van der Waals surface area (Å²) in [7, 11) is 0. The number of carboxylic acid groups (broad SMARTS) is 1. The third-order valence-electron chi connectivity index (χ3n) is 3.08. The molecule has 1 aromatic rings. The first-order valence-corrected chi connectivity index (χ1v) is 7.04. The minimum atomic E-state index is -1.08. The molecule has 0 fully saturated rings. The summed E-state index contributed by atoms with van der Waals surface area (Å²) < 4.78 is 5.60.